The van der Waals surface area contributed by atoms with E-state index in [1.807, 2.05) is 55.5 Å². The molecule has 142 valence electrons. The molecule has 1 saturated heterocycles. The number of aryl methyl sites for hydroxylation is 1. The Bertz CT molecular complexity index is 946. The van der Waals surface area contributed by atoms with E-state index in [2.05, 4.69) is 0 Å². The van der Waals surface area contributed by atoms with Gasteiger partial charge in [0.15, 0.2) is 5.57 Å². The fourth-order valence-corrected chi connectivity index (χ4v) is 4.22. The normalized spacial score (nSPS) is 18.0. The Morgan fingerprint density at radius 1 is 1.18 bits per heavy atom. The minimum absolute atomic E-state index is 0.143. The molecule has 3 rings (SSSR count). The molecule has 0 radical (unpaired) electrons. The highest BCUT2D eigenvalue weighted by molar-refractivity contribution is 8.05. The Kier molecular flexibility index (Phi) is 6.17. The fourth-order valence-electron chi connectivity index (χ4n) is 2.93. The van der Waals surface area contributed by atoms with Gasteiger partial charge >= 0.3 is 5.97 Å². The number of carbonyl (C=O) groups excluding carboxylic acids is 2. The third kappa shape index (κ3) is 4.10. The molecule has 6 heteroatoms. The van der Waals surface area contributed by atoms with Crippen molar-refractivity contribution in [1.82, 2.24) is 0 Å². The van der Waals surface area contributed by atoms with E-state index in [0.29, 0.717) is 17.1 Å². The summed E-state index contributed by atoms with van der Waals surface area (Å²) < 4.78 is 5.02. The van der Waals surface area contributed by atoms with Gasteiger partial charge in [0.1, 0.15) is 11.1 Å². The molecule has 28 heavy (non-hydrogen) atoms. The average molecular weight is 392 g/mol. The molecule has 0 aromatic heterocycles. The zero-order chi connectivity index (χ0) is 20.1. The number of para-hydroxylation sites is 1. The molecule has 1 amide bonds. The lowest BCUT2D eigenvalue weighted by Gasteiger charge is -2.18. The van der Waals surface area contributed by atoms with E-state index in [1.165, 1.54) is 16.7 Å². The predicted octanol–water partition coefficient (Wildman–Crippen LogP) is 3.98. The quantitative estimate of drug-likeness (QED) is 0.437. The van der Waals surface area contributed by atoms with E-state index in [9.17, 15) is 14.9 Å². The van der Waals surface area contributed by atoms with Gasteiger partial charge in [0, 0.05) is 5.69 Å². The lowest BCUT2D eigenvalue weighted by Crippen LogP contribution is -2.30. The highest BCUT2D eigenvalue weighted by Crippen LogP contribution is 2.41. The summed E-state index contributed by atoms with van der Waals surface area (Å²) in [5, 5.41) is 9.49. The molecular weight excluding hydrogens is 372 g/mol. The van der Waals surface area contributed by atoms with Gasteiger partial charge in [-0.25, -0.2) is 4.79 Å². The van der Waals surface area contributed by atoms with Gasteiger partial charge in [-0.15, -0.1) is 0 Å². The van der Waals surface area contributed by atoms with Crippen molar-refractivity contribution in [3.63, 3.8) is 0 Å². The Balaban J connectivity index is 2.01. The highest BCUT2D eigenvalue weighted by atomic mass is 32.2. The van der Waals surface area contributed by atoms with Gasteiger partial charge in [-0.1, -0.05) is 59.8 Å². The van der Waals surface area contributed by atoms with Crippen molar-refractivity contribution in [2.24, 2.45) is 0 Å². The van der Waals surface area contributed by atoms with Gasteiger partial charge in [-0.05, 0) is 38.0 Å². The van der Waals surface area contributed by atoms with Crippen LogP contribution >= 0.6 is 11.8 Å². The van der Waals surface area contributed by atoms with Crippen LogP contribution in [0.15, 0.2) is 65.2 Å². The van der Waals surface area contributed by atoms with E-state index < -0.39 is 11.2 Å². The van der Waals surface area contributed by atoms with Crippen LogP contribution in [-0.4, -0.2) is 23.7 Å². The molecule has 0 N–H and O–H groups in total. The van der Waals surface area contributed by atoms with E-state index in [4.69, 9.17) is 4.74 Å². The van der Waals surface area contributed by atoms with Crippen LogP contribution in [0.3, 0.4) is 0 Å². The summed E-state index contributed by atoms with van der Waals surface area (Å²) in [4.78, 5) is 26.9. The molecule has 2 aromatic rings. The molecule has 0 saturated carbocycles. The molecule has 1 unspecified atom stereocenters. The highest BCUT2D eigenvalue weighted by Gasteiger charge is 2.41. The number of anilines is 1. The minimum Gasteiger partial charge on any atom is -0.462 e. The number of hydrogen-bond donors (Lipinski definition) is 0. The Labute approximate surface area is 168 Å². The van der Waals surface area contributed by atoms with Crippen molar-refractivity contribution >= 4 is 29.3 Å². The number of carbonyl (C=O) groups is 2. The second kappa shape index (κ2) is 8.77. The van der Waals surface area contributed by atoms with Gasteiger partial charge in [0.2, 0.25) is 5.91 Å². The van der Waals surface area contributed by atoms with Crippen LogP contribution in [0.1, 0.15) is 18.1 Å². The number of nitriles is 1. The van der Waals surface area contributed by atoms with Crippen LogP contribution in [0, 0.1) is 18.3 Å². The second-order valence-electron chi connectivity index (χ2n) is 6.32. The predicted molar refractivity (Wildman–Crippen MR) is 109 cm³/mol. The van der Waals surface area contributed by atoms with Gasteiger partial charge < -0.3 is 4.74 Å². The van der Waals surface area contributed by atoms with Gasteiger partial charge in [0.05, 0.1) is 11.9 Å². The van der Waals surface area contributed by atoms with Gasteiger partial charge in [-0.3, -0.25) is 9.69 Å². The van der Waals surface area contributed by atoms with Crippen LogP contribution < -0.4 is 4.90 Å². The lowest BCUT2D eigenvalue weighted by atomic mass is 10.1. The maximum absolute atomic E-state index is 13.2. The Morgan fingerprint density at radius 2 is 1.86 bits per heavy atom. The third-order valence-electron chi connectivity index (χ3n) is 4.31. The molecule has 0 aliphatic carbocycles. The number of rotatable bonds is 5. The van der Waals surface area contributed by atoms with Crippen LogP contribution in [-0.2, 0) is 20.7 Å². The molecule has 1 aliphatic heterocycles. The number of esters is 1. The number of ether oxygens (including phenoxy) is 1. The van der Waals surface area contributed by atoms with Crippen molar-refractivity contribution in [3.8, 4) is 6.07 Å². The summed E-state index contributed by atoms with van der Waals surface area (Å²) in [7, 11) is 0. The standard InChI is InChI=1S/C22H20N2O3S/c1-3-27-22(26)18(14-23)21-24(17-7-5-4-6-8-17)20(25)19(28-21)13-16-11-9-15(2)10-12-16/h4-12,19H,3,13H2,1-2H3/b21-18+. The maximum Gasteiger partial charge on any atom is 0.351 e. The smallest absolute Gasteiger partial charge is 0.351 e. The second-order valence-corrected chi connectivity index (χ2v) is 7.51. The lowest BCUT2D eigenvalue weighted by molar-refractivity contribution is -0.138. The van der Waals surface area contributed by atoms with Crippen LogP contribution in [0.25, 0.3) is 0 Å². The summed E-state index contributed by atoms with van der Waals surface area (Å²) in [6.07, 6.45) is 0.512. The average Bonchev–Trinajstić information content (AvgIpc) is 3.01. The first-order valence-electron chi connectivity index (χ1n) is 8.97. The summed E-state index contributed by atoms with van der Waals surface area (Å²) in [6.45, 7) is 3.85. The van der Waals surface area contributed by atoms with E-state index in [0.717, 1.165) is 11.1 Å². The summed E-state index contributed by atoms with van der Waals surface area (Å²) in [5.41, 5.74) is 2.66. The first-order chi connectivity index (χ1) is 13.5. The summed E-state index contributed by atoms with van der Waals surface area (Å²) >= 11 is 1.24. The van der Waals surface area contributed by atoms with Crippen LogP contribution in [0.5, 0.6) is 0 Å². The van der Waals surface area contributed by atoms with E-state index in [-0.39, 0.29) is 18.1 Å². The number of thioether (sulfide) groups is 1. The minimum atomic E-state index is -0.711. The van der Waals surface area contributed by atoms with Gasteiger partial charge in [-0.2, -0.15) is 5.26 Å². The molecule has 0 bridgehead atoms. The molecule has 5 nitrogen and oxygen atoms in total. The van der Waals surface area contributed by atoms with Crippen LogP contribution in [0.2, 0.25) is 0 Å². The van der Waals surface area contributed by atoms with Gasteiger partial charge in [0.25, 0.3) is 0 Å². The Hall–Kier alpha value is -3.04. The van der Waals surface area contributed by atoms with E-state index in [1.54, 1.807) is 19.1 Å². The number of hydrogen-bond acceptors (Lipinski definition) is 5. The van der Waals surface area contributed by atoms with Crippen molar-refractivity contribution in [3.05, 3.63) is 76.3 Å². The first kappa shape index (κ1) is 19.7. The molecular formula is C22H20N2O3S. The van der Waals surface area contributed by atoms with E-state index >= 15 is 0 Å². The Morgan fingerprint density at radius 3 is 2.46 bits per heavy atom. The molecule has 1 heterocycles. The third-order valence-corrected chi connectivity index (χ3v) is 5.58. The molecule has 1 atom stereocenters. The molecule has 1 aliphatic rings. The maximum atomic E-state index is 13.2. The summed E-state index contributed by atoms with van der Waals surface area (Å²) in [5.74, 6) is -0.860. The van der Waals surface area contributed by atoms with Crippen molar-refractivity contribution in [2.75, 3.05) is 11.5 Å². The fraction of sp³-hybridized carbons (Fsp3) is 0.227. The topological polar surface area (TPSA) is 70.4 Å². The molecule has 2 aromatic carbocycles. The van der Waals surface area contributed by atoms with Crippen molar-refractivity contribution in [2.45, 2.75) is 25.5 Å². The van der Waals surface area contributed by atoms with Crippen molar-refractivity contribution in [1.29, 1.82) is 5.26 Å². The zero-order valence-electron chi connectivity index (χ0n) is 15.7. The monoisotopic (exact) mass is 392 g/mol. The summed E-state index contributed by atoms with van der Waals surface area (Å²) in [6, 6.07) is 19.0. The first-order valence-corrected chi connectivity index (χ1v) is 9.85. The number of nitrogens with zero attached hydrogens (tertiary/aromatic N) is 2. The largest absolute Gasteiger partial charge is 0.462 e. The number of benzene rings is 2. The number of amides is 1. The van der Waals surface area contributed by atoms with Crippen molar-refractivity contribution < 1.29 is 14.3 Å². The molecule has 0 spiro atoms. The zero-order valence-corrected chi connectivity index (χ0v) is 16.5. The van der Waals surface area contributed by atoms with Crippen LogP contribution in [0.4, 0.5) is 5.69 Å². The SMILES string of the molecule is CCOC(=O)/C(C#N)=C1/SC(Cc2ccc(C)cc2)C(=O)N1c1ccccc1. The molecule has 1 fully saturated rings.